The zero-order chi connectivity index (χ0) is 14.9. The van der Waals surface area contributed by atoms with Crippen LogP contribution in [0.25, 0.3) is 0 Å². The average Bonchev–Trinajstić information content (AvgIpc) is 2.92. The molecule has 110 valence electrons. The highest BCUT2D eigenvalue weighted by Gasteiger charge is 2.27. The van der Waals surface area contributed by atoms with Crippen molar-refractivity contribution in [3.05, 3.63) is 29.1 Å². The SMILES string of the molecule is O=C(Nc1c(F)c(F)c(F)c(F)c1F)NC1CCCC1. The zero-order valence-corrected chi connectivity index (χ0v) is 10.2. The van der Waals surface area contributed by atoms with Crippen molar-refractivity contribution in [3.63, 3.8) is 0 Å². The Labute approximate surface area is 111 Å². The van der Waals surface area contributed by atoms with Gasteiger partial charge < -0.3 is 10.6 Å². The molecule has 2 N–H and O–H groups in total. The van der Waals surface area contributed by atoms with E-state index in [0.29, 0.717) is 12.8 Å². The van der Waals surface area contributed by atoms with Crippen LogP contribution >= 0.6 is 0 Å². The first-order valence-corrected chi connectivity index (χ1v) is 6.00. The van der Waals surface area contributed by atoms with Gasteiger partial charge in [0.2, 0.25) is 5.82 Å². The molecule has 20 heavy (non-hydrogen) atoms. The number of amides is 2. The summed E-state index contributed by atoms with van der Waals surface area (Å²) in [5.74, 6) is -10.6. The number of carbonyl (C=O) groups excluding carboxylic acids is 1. The van der Waals surface area contributed by atoms with E-state index in [1.165, 1.54) is 0 Å². The lowest BCUT2D eigenvalue weighted by Crippen LogP contribution is -2.36. The molecule has 1 aliphatic rings. The molecule has 0 heterocycles. The summed E-state index contributed by atoms with van der Waals surface area (Å²) in [6, 6.07) is -1.16. The van der Waals surface area contributed by atoms with Crippen LogP contribution in [0.5, 0.6) is 0 Å². The van der Waals surface area contributed by atoms with E-state index in [-0.39, 0.29) is 6.04 Å². The first kappa shape index (κ1) is 14.5. The molecule has 1 saturated carbocycles. The van der Waals surface area contributed by atoms with Crippen LogP contribution in [0, 0.1) is 29.1 Å². The van der Waals surface area contributed by atoms with Crippen LogP contribution in [0.1, 0.15) is 25.7 Å². The van der Waals surface area contributed by atoms with E-state index in [1.807, 2.05) is 0 Å². The van der Waals surface area contributed by atoms with Gasteiger partial charge in [-0.3, -0.25) is 0 Å². The maximum atomic E-state index is 13.3. The van der Waals surface area contributed by atoms with Crippen molar-refractivity contribution in [2.45, 2.75) is 31.7 Å². The summed E-state index contributed by atoms with van der Waals surface area (Å²) in [6.07, 6.45) is 3.25. The molecule has 0 saturated heterocycles. The molecule has 3 nitrogen and oxygen atoms in total. The van der Waals surface area contributed by atoms with Gasteiger partial charge in [-0.1, -0.05) is 12.8 Å². The number of nitrogens with one attached hydrogen (secondary N) is 2. The number of hydrogen-bond donors (Lipinski definition) is 2. The lowest BCUT2D eigenvalue weighted by molar-refractivity contribution is 0.248. The Morgan fingerprint density at radius 3 is 1.80 bits per heavy atom. The molecular formula is C12H11F5N2O. The van der Waals surface area contributed by atoms with Gasteiger partial charge in [-0.2, -0.15) is 0 Å². The number of carbonyl (C=O) groups is 1. The van der Waals surface area contributed by atoms with Gasteiger partial charge in [0.25, 0.3) is 0 Å². The second kappa shape index (κ2) is 5.64. The minimum Gasteiger partial charge on any atom is -0.335 e. The van der Waals surface area contributed by atoms with Gasteiger partial charge in [-0.15, -0.1) is 0 Å². The normalized spacial score (nSPS) is 15.4. The van der Waals surface area contributed by atoms with Gasteiger partial charge in [0.15, 0.2) is 23.3 Å². The quantitative estimate of drug-likeness (QED) is 0.489. The molecule has 0 aromatic heterocycles. The van der Waals surface area contributed by atoms with Crippen molar-refractivity contribution in [3.8, 4) is 0 Å². The van der Waals surface area contributed by atoms with E-state index < -0.39 is 40.8 Å². The van der Waals surface area contributed by atoms with Crippen LogP contribution in [0.3, 0.4) is 0 Å². The molecule has 2 amide bonds. The van der Waals surface area contributed by atoms with Crippen LogP contribution in [0.4, 0.5) is 32.4 Å². The lowest BCUT2D eigenvalue weighted by Gasteiger charge is -2.14. The molecule has 0 aliphatic heterocycles. The summed E-state index contributed by atoms with van der Waals surface area (Å²) in [7, 11) is 0. The number of halogens is 5. The monoisotopic (exact) mass is 294 g/mol. The van der Waals surface area contributed by atoms with Gasteiger partial charge in [0, 0.05) is 6.04 Å². The molecule has 0 spiro atoms. The molecule has 1 fully saturated rings. The third kappa shape index (κ3) is 2.68. The fourth-order valence-corrected chi connectivity index (χ4v) is 2.12. The van der Waals surface area contributed by atoms with Crippen LogP contribution in [0.2, 0.25) is 0 Å². The predicted octanol–water partition coefficient (Wildman–Crippen LogP) is 3.45. The number of rotatable bonds is 2. The van der Waals surface area contributed by atoms with E-state index in [2.05, 4.69) is 5.32 Å². The van der Waals surface area contributed by atoms with Crippen LogP contribution < -0.4 is 10.6 Å². The van der Waals surface area contributed by atoms with Crippen LogP contribution in [-0.2, 0) is 0 Å². The van der Waals surface area contributed by atoms with Crippen molar-refractivity contribution in [2.75, 3.05) is 5.32 Å². The minimum atomic E-state index is -2.26. The summed E-state index contributed by atoms with van der Waals surface area (Å²) >= 11 is 0. The molecule has 0 unspecified atom stereocenters. The van der Waals surface area contributed by atoms with E-state index in [0.717, 1.165) is 12.8 Å². The zero-order valence-electron chi connectivity index (χ0n) is 10.2. The highest BCUT2D eigenvalue weighted by Crippen LogP contribution is 2.27. The van der Waals surface area contributed by atoms with E-state index >= 15 is 0 Å². The largest absolute Gasteiger partial charge is 0.335 e. The van der Waals surface area contributed by atoms with Crippen LogP contribution in [0.15, 0.2) is 0 Å². The maximum Gasteiger partial charge on any atom is 0.319 e. The number of anilines is 1. The smallest absolute Gasteiger partial charge is 0.319 e. The second-order valence-electron chi connectivity index (χ2n) is 4.52. The van der Waals surface area contributed by atoms with E-state index in [4.69, 9.17) is 0 Å². The molecule has 0 radical (unpaired) electrons. The Morgan fingerprint density at radius 1 is 0.850 bits per heavy atom. The van der Waals surface area contributed by atoms with Crippen LogP contribution in [-0.4, -0.2) is 12.1 Å². The summed E-state index contributed by atoms with van der Waals surface area (Å²) < 4.78 is 65.3. The van der Waals surface area contributed by atoms with Crippen molar-refractivity contribution in [1.82, 2.24) is 5.32 Å². The van der Waals surface area contributed by atoms with Crippen molar-refractivity contribution < 1.29 is 26.7 Å². The summed E-state index contributed by atoms with van der Waals surface area (Å²) in [5, 5.41) is 4.08. The molecule has 1 aromatic rings. The fourth-order valence-electron chi connectivity index (χ4n) is 2.12. The molecular weight excluding hydrogens is 283 g/mol. The summed E-state index contributed by atoms with van der Waals surface area (Å²) in [5.41, 5.74) is -1.35. The second-order valence-corrected chi connectivity index (χ2v) is 4.52. The molecule has 2 rings (SSSR count). The highest BCUT2D eigenvalue weighted by molar-refractivity contribution is 5.89. The lowest BCUT2D eigenvalue weighted by atomic mass is 10.2. The van der Waals surface area contributed by atoms with Gasteiger partial charge >= 0.3 is 6.03 Å². The summed E-state index contributed by atoms with van der Waals surface area (Å²) in [6.45, 7) is 0. The van der Waals surface area contributed by atoms with Crippen molar-refractivity contribution in [2.24, 2.45) is 0 Å². The Hall–Kier alpha value is -1.86. The average molecular weight is 294 g/mol. The van der Waals surface area contributed by atoms with Gasteiger partial charge in [-0.25, -0.2) is 26.7 Å². The molecule has 8 heteroatoms. The van der Waals surface area contributed by atoms with Crippen molar-refractivity contribution >= 4 is 11.7 Å². The number of benzene rings is 1. The fraction of sp³-hybridized carbons (Fsp3) is 0.417. The molecule has 0 bridgehead atoms. The molecule has 1 aromatic carbocycles. The molecule has 0 atom stereocenters. The summed E-state index contributed by atoms with van der Waals surface area (Å²) in [4.78, 5) is 11.5. The van der Waals surface area contributed by atoms with Gasteiger partial charge in [-0.05, 0) is 12.8 Å². The van der Waals surface area contributed by atoms with E-state index in [9.17, 15) is 26.7 Å². The topological polar surface area (TPSA) is 41.1 Å². The standard InChI is InChI=1S/C12H11F5N2O/c13-6-7(14)9(16)11(10(17)8(6)15)19-12(20)18-5-3-1-2-4-5/h5H,1-4H2,(H2,18,19,20). The first-order chi connectivity index (χ1) is 9.41. The Kier molecular flexibility index (Phi) is 4.10. The minimum absolute atomic E-state index is 0.156. The van der Waals surface area contributed by atoms with E-state index in [1.54, 1.807) is 5.32 Å². The third-order valence-corrected chi connectivity index (χ3v) is 3.14. The van der Waals surface area contributed by atoms with Crippen molar-refractivity contribution in [1.29, 1.82) is 0 Å². The van der Waals surface area contributed by atoms with Gasteiger partial charge in [0.1, 0.15) is 5.69 Å². The first-order valence-electron chi connectivity index (χ1n) is 6.00. The Morgan fingerprint density at radius 2 is 1.30 bits per heavy atom. The Balaban J connectivity index is 2.18. The predicted molar refractivity (Wildman–Crippen MR) is 60.6 cm³/mol. The Bertz CT molecular complexity index is 514. The van der Waals surface area contributed by atoms with Gasteiger partial charge in [0.05, 0.1) is 0 Å². The highest BCUT2D eigenvalue weighted by atomic mass is 19.2. The maximum absolute atomic E-state index is 13.3. The molecule has 1 aliphatic carbocycles. The number of hydrogen-bond acceptors (Lipinski definition) is 1. The third-order valence-electron chi connectivity index (χ3n) is 3.14. The number of urea groups is 1.